The largest absolute Gasteiger partial charge is 0.378 e. The summed E-state index contributed by atoms with van der Waals surface area (Å²) < 4.78 is 5.41. The summed E-state index contributed by atoms with van der Waals surface area (Å²) >= 11 is 0. The van der Waals surface area contributed by atoms with Gasteiger partial charge in [-0.15, -0.1) is 0 Å². The van der Waals surface area contributed by atoms with Gasteiger partial charge in [-0.1, -0.05) is 38.1 Å². The highest BCUT2D eigenvalue weighted by atomic mass is 16.5. The Bertz CT molecular complexity index is 722. The molecule has 0 bridgehead atoms. The summed E-state index contributed by atoms with van der Waals surface area (Å²) in [6.07, 6.45) is 0. The van der Waals surface area contributed by atoms with Crippen LogP contribution >= 0.6 is 0 Å². The van der Waals surface area contributed by atoms with E-state index in [1.807, 2.05) is 36.4 Å². The third kappa shape index (κ3) is 4.76. The lowest BCUT2D eigenvalue weighted by Gasteiger charge is -2.30. The van der Waals surface area contributed by atoms with Crippen LogP contribution in [0, 0.1) is 0 Å². The van der Waals surface area contributed by atoms with Crippen molar-refractivity contribution in [2.45, 2.75) is 19.8 Å². The first-order valence-electron chi connectivity index (χ1n) is 9.19. The second-order valence-electron chi connectivity index (χ2n) is 6.80. The predicted molar refractivity (Wildman–Crippen MR) is 107 cm³/mol. The van der Waals surface area contributed by atoms with Crippen molar-refractivity contribution in [2.24, 2.45) is 0 Å². The fraction of sp³-hybridized carbons (Fsp3) is 0.381. The van der Waals surface area contributed by atoms with Crippen LogP contribution < -0.4 is 15.5 Å². The van der Waals surface area contributed by atoms with Crippen molar-refractivity contribution >= 4 is 23.0 Å². The van der Waals surface area contributed by atoms with Crippen molar-refractivity contribution in [3.8, 4) is 0 Å². The molecular weight excluding hydrogens is 326 g/mol. The lowest BCUT2D eigenvalue weighted by molar-refractivity contribution is -0.114. The highest BCUT2D eigenvalue weighted by Gasteiger charge is 2.15. The molecule has 0 radical (unpaired) electrons. The van der Waals surface area contributed by atoms with Crippen LogP contribution in [0.3, 0.4) is 0 Å². The number of ether oxygens (including phenoxy) is 1. The number of nitrogens with zero attached hydrogens (tertiary/aromatic N) is 1. The average Bonchev–Trinajstić information content (AvgIpc) is 2.68. The Morgan fingerprint density at radius 2 is 1.77 bits per heavy atom. The summed E-state index contributed by atoms with van der Waals surface area (Å²) in [4.78, 5) is 14.6. The van der Waals surface area contributed by atoms with Crippen molar-refractivity contribution in [2.75, 3.05) is 48.4 Å². The van der Waals surface area contributed by atoms with Crippen molar-refractivity contribution in [1.29, 1.82) is 0 Å². The van der Waals surface area contributed by atoms with E-state index in [4.69, 9.17) is 4.74 Å². The van der Waals surface area contributed by atoms with E-state index in [9.17, 15) is 4.79 Å². The molecule has 0 unspecified atom stereocenters. The highest BCUT2D eigenvalue weighted by Crippen LogP contribution is 2.26. The van der Waals surface area contributed by atoms with Gasteiger partial charge in [-0.2, -0.15) is 0 Å². The van der Waals surface area contributed by atoms with E-state index in [1.54, 1.807) is 0 Å². The molecule has 138 valence electrons. The molecule has 1 amide bonds. The average molecular weight is 353 g/mol. The summed E-state index contributed by atoms with van der Waals surface area (Å²) in [5, 5.41) is 6.21. The van der Waals surface area contributed by atoms with Crippen LogP contribution in [-0.4, -0.2) is 38.8 Å². The monoisotopic (exact) mass is 353 g/mol. The predicted octanol–water partition coefficient (Wildman–Crippen LogP) is 3.70. The zero-order valence-electron chi connectivity index (χ0n) is 15.5. The third-order valence-electron chi connectivity index (χ3n) is 4.56. The minimum Gasteiger partial charge on any atom is -0.378 e. The molecule has 3 rings (SSSR count). The molecule has 0 saturated carbocycles. The zero-order chi connectivity index (χ0) is 18.4. The minimum atomic E-state index is -0.0568. The molecule has 2 N–H and O–H groups in total. The maximum Gasteiger partial charge on any atom is 0.243 e. The standard InChI is InChI=1S/C21H27N3O2/c1-16(2)17-7-9-18(10-8-17)22-15-21(25)23-19-5-3-4-6-20(19)24-11-13-26-14-12-24/h3-10,16,22H,11-15H2,1-2H3,(H,23,25). The maximum absolute atomic E-state index is 12.4. The summed E-state index contributed by atoms with van der Waals surface area (Å²) in [5.41, 5.74) is 4.13. The second-order valence-corrected chi connectivity index (χ2v) is 6.80. The Kier molecular flexibility index (Phi) is 6.12. The second kappa shape index (κ2) is 8.72. The number of anilines is 3. The number of para-hydroxylation sites is 2. The molecule has 1 heterocycles. The highest BCUT2D eigenvalue weighted by molar-refractivity contribution is 5.96. The molecule has 0 spiro atoms. The summed E-state index contributed by atoms with van der Waals surface area (Å²) in [6, 6.07) is 16.2. The number of amides is 1. The third-order valence-corrected chi connectivity index (χ3v) is 4.56. The Morgan fingerprint density at radius 3 is 2.46 bits per heavy atom. The van der Waals surface area contributed by atoms with Crippen LogP contribution in [-0.2, 0) is 9.53 Å². The van der Waals surface area contributed by atoms with Gasteiger partial charge in [0.15, 0.2) is 0 Å². The van der Waals surface area contributed by atoms with E-state index in [0.717, 1.165) is 43.4 Å². The van der Waals surface area contributed by atoms with E-state index in [0.29, 0.717) is 5.92 Å². The molecule has 1 fully saturated rings. The first kappa shape index (κ1) is 18.3. The first-order chi connectivity index (χ1) is 12.6. The molecule has 1 aliphatic heterocycles. The summed E-state index contributed by atoms with van der Waals surface area (Å²) in [7, 11) is 0. The Labute approximate surface area is 155 Å². The maximum atomic E-state index is 12.4. The molecule has 5 nitrogen and oxygen atoms in total. The van der Waals surface area contributed by atoms with Gasteiger partial charge in [-0.25, -0.2) is 0 Å². The molecule has 1 saturated heterocycles. The fourth-order valence-electron chi connectivity index (χ4n) is 3.02. The number of rotatable bonds is 6. The molecule has 0 aromatic heterocycles. The van der Waals surface area contributed by atoms with Gasteiger partial charge >= 0.3 is 0 Å². The molecule has 1 aliphatic rings. The van der Waals surface area contributed by atoms with Gasteiger partial charge in [0.2, 0.25) is 5.91 Å². The number of nitrogens with one attached hydrogen (secondary N) is 2. The van der Waals surface area contributed by atoms with Crippen LogP contribution in [0.4, 0.5) is 17.1 Å². The van der Waals surface area contributed by atoms with E-state index in [-0.39, 0.29) is 12.5 Å². The van der Waals surface area contributed by atoms with Gasteiger partial charge in [0.05, 0.1) is 31.1 Å². The molecule has 0 aliphatic carbocycles. The van der Waals surface area contributed by atoms with Crippen LogP contribution in [0.1, 0.15) is 25.3 Å². The van der Waals surface area contributed by atoms with Crippen LogP contribution in [0.5, 0.6) is 0 Å². The van der Waals surface area contributed by atoms with Gasteiger partial charge < -0.3 is 20.3 Å². The van der Waals surface area contributed by atoms with Gasteiger partial charge in [0, 0.05) is 18.8 Å². The number of hydrogen-bond donors (Lipinski definition) is 2. The number of carbonyl (C=O) groups is 1. The van der Waals surface area contributed by atoms with Crippen LogP contribution in [0.2, 0.25) is 0 Å². The van der Waals surface area contributed by atoms with Gasteiger partial charge in [0.25, 0.3) is 0 Å². The van der Waals surface area contributed by atoms with Gasteiger partial charge in [0.1, 0.15) is 0 Å². The van der Waals surface area contributed by atoms with Crippen LogP contribution in [0.15, 0.2) is 48.5 Å². The lowest BCUT2D eigenvalue weighted by atomic mass is 10.0. The summed E-state index contributed by atoms with van der Waals surface area (Å²) in [6.45, 7) is 7.69. The minimum absolute atomic E-state index is 0.0568. The van der Waals surface area contributed by atoms with Gasteiger partial charge in [-0.3, -0.25) is 4.79 Å². The molecule has 2 aromatic rings. The van der Waals surface area contributed by atoms with Crippen LogP contribution in [0.25, 0.3) is 0 Å². The van der Waals surface area contributed by atoms with E-state index >= 15 is 0 Å². The zero-order valence-corrected chi connectivity index (χ0v) is 15.5. The normalized spacial score (nSPS) is 14.3. The van der Waals surface area contributed by atoms with Gasteiger partial charge in [-0.05, 0) is 35.7 Å². The Hall–Kier alpha value is -2.53. The molecular formula is C21H27N3O2. The number of benzene rings is 2. The van der Waals surface area contributed by atoms with Crippen molar-refractivity contribution in [3.05, 3.63) is 54.1 Å². The SMILES string of the molecule is CC(C)c1ccc(NCC(=O)Nc2ccccc2N2CCOCC2)cc1. The molecule has 0 atom stereocenters. The Morgan fingerprint density at radius 1 is 1.08 bits per heavy atom. The first-order valence-corrected chi connectivity index (χ1v) is 9.19. The van der Waals surface area contributed by atoms with E-state index < -0.39 is 0 Å². The number of morpholine rings is 1. The molecule has 5 heteroatoms. The van der Waals surface area contributed by atoms with Crippen molar-refractivity contribution < 1.29 is 9.53 Å². The van der Waals surface area contributed by atoms with E-state index in [2.05, 4.69) is 41.5 Å². The molecule has 2 aromatic carbocycles. The quantitative estimate of drug-likeness (QED) is 0.831. The summed E-state index contributed by atoms with van der Waals surface area (Å²) in [5.74, 6) is 0.447. The lowest BCUT2D eigenvalue weighted by Crippen LogP contribution is -2.37. The fourth-order valence-corrected chi connectivity index (χ4v) is 3.02. The number of hydrogen-bond acceptors (Lipinski definition) is 4. The smallest absolute Gasteiger partial charge is 0.243 e. The number of carbonyl (C=O) groups excluding carboxylic acids is 1. The van der Waals surface area contributed by atoms with E-state index in [1.165, 1.54) is 5.56 Å². The van der Waals surface area contributed by atoms with Crippen molar-refractivity contribution in [3.63, 3.8) is 0 Å². The topological polar surface area (TPSA) is 53.6 Å². The Balaban J connectivity index is 1.58. The molecule has 26 heavy (non-hydrogen) atoms. The van der Waals surface area contributed by atoms with Crippen molar-refractivity contribution in [1.82, 2.24) is 0 Å².